The summed E-state index contributed by atoms with van der Waals surface area (Å²) in [6.07, 6.45) is 2.30. The molecule has 1 fully saturated rings. The van der Waals surface area contributed by atoms with E-state index in [-0.39, 0.29) is 28.5 Å². The lowest BCUT2D eigenvalue weighted by Crippen LogP contribution is -2.31. The van der Waals surface area contributed by atoms with Gasteiger partial charge in [0.05, 0.1) is 32.9 Å². The number of nitrogens with one attached hydrogen (secondary N) is 1. The molecule has 40 heavy (non-hydrogen) atoms. The summed E-state index contributed by atoms with van der Waals surface area (Å²) in [4.78, 5) is 31.6. The van der Waals surface area contributed by atoms with Gasteiger partial charge in [-0.15, -0.1) is 0 Å². The number of hydrogen-bond acceptors (Lipinski definition) is 6. The summed E-state index contributed by atoms with van der Waals surface area (Å²) in [5.74, 6) is -0.394. The largest absolute Gasteiger partial charge is 0.507 e. The number of amides is 1. The van der Waals surface area contributed by atoms with Crippen molar-refractivity contribution >= 4 is 51.6 Å². The topological polar surface area (TPSA) is 101 Å². The number of carbonyl (C=O) groups excluding carboxylic acids is 2. The summed E-state index contributed by atoms with van der Waals surface area (Å²) >= 11 is 12.7. The number of benzene rings is 3. The molecule has 4 aromatic rings. The maximum absolute atomic E-state index is 13.5. The van der Waals surface area contributed by atoms with Crippen LogP contribution in [-0.2, 0) is 16.0 Å². The molecule has 1 aliphatic rings. The number of halogens is 2. The SMILES string of the molecule is COc1ccc2[nH]cc(CCN3C(=O)C(=O)/C(=C(\O)c4ccc(OC)c(OC)c4)C3c3ccc(Cl)cc3Cl)c2c1. The van der Waals surface area contributed by atoms with E-state index in [0.717, 1.165) is 16.5 Å². The number of aliphatic hydroxyl groups excluding tert-OH is 1. The van der Waals surface area contributed by atoms with E-state index in [2.05, 4.69) is 4.98 Å². The average Bonchev–Trinajstić information content (AvgIpc) is 3.48. The number of aromatic amines is 1. The Hall–Kier alpha value is -4.14. The molecule has 1 atom stereocenters. The second kappa shape index (κ2) is 11.2. The molecule has 0 spiro atoms. The number of rotatable bonds is 8. The number of methoxy groups -OCH3 is 3. The first-order chi connectivity index (χ1) is 19.3. The summed E-state index contributed by atoms with van der Waals surface area (Å²) in [6, 6.07) is 14.3. The molecule has 3 aromatic carbocycles. The van der Waals surface area contributed by atoms with Crippen LogP contribution in [0.3, 0.4) is 0 Å². The first kappa shape index (κ1) is 27.4. The minimum absolute atomic E-state index is 0.0814. The van der Waals surface area contributed by atoms with Crippen molar-refractivity contribution in [3.63, 3.8) is 0 Å². The number of hydrogen-bond donors (Lipinski definition) is 2. The number of aromatic nitrogens is 1. The Morgan fingerprint density at radius 1 is 0.950 bits per heavy atom. The van der Waals surface area contributed by atoms with Crippen molar-refractivity contribution < 1.29 is 28.9 Å². The van der Waals surface area contributed by atoms with Crippen LogP contribution >= 0.6 is 23.2 Å². The molecule has 10 heteroatoms. The zero-order valence-electron chi connectivity index (χ0n) is 22.0. The average molecular weight is 581 g/mol. The number of H-pyrrole nitrogens is 1. The highest BCUT2D eigenvalue weighted by Crippen LogP contribution is 2.43. The quantitative estimate of drug-likeness (QED) is 0.147. The van der Waals surface area contributed by atoms with Gasteiger partial charge < -0.3 is 29.2 Å². The van der Waals surface area contributed by atoms with E-state index in [1.54, 1.807) is 43.5 Å². The van der Waals surface area contributed by atoms with E-state index in [1.165, 1.54) is 19.1 Å². The Bertz CT molecular complexity index is 1660. The highest BCUT2D eigenvalue weighted by molar-refractivity contribution is 6.47. The van der Waals surface area contributed by atoms with Gasteiger partial charge >= 0.3 is 0 Å². The third-order valence-corrected chi connectivity index (χ3v) is 7.61. The van der Waals surface area contributed by atoms with Gasteiger partial charge in [-0.25, -0.2) is 0 Å². The molecule has 1 saturated heterocycles. The monoisotopic (exact) mass is 580 g/mol. The Labute approximate surface area is 240 Å². The third kappa shape index (κ3) is 4.85. The molecule has 2 heterocycles. The molecule has 5 rings (SSSR count). The highest BCUT2D eigenvalue weighted by Gasteiger charge is 2.46. The molecule has 0 saturated carbocycles. The molecule has 2 N–H and O–H groups in total. The van der Waals surface area contributed by atoms with E-state index in [4.69, 9.17) is 37.4 Å². The number of ketones is 1. The molecule has 1 aromatic heterocycles. The normalized spacial score (nSPS) is 16.5. The van der Waals surface area contributed by atoms with Gasteiger partial charge in [0.25, 0.3) is 11.7 Å². The van der Waals surface area contributed by atoms with Crippen molar-refractivity contribution in [2.75, 3.05) is 27.9 Å². The van der Waals surface area contributed by atoms with Crippen molar-refractivity contribution in [2.45, 2.75) is 12.5 Å². The fourth-order valence-corrected chi connectivity index (χ4v) is 5.54. The fraction of sp³-hybridized carbons (Fsp3) is 0.200. The molecule has 0 bridgehead atoms. The van der Waals surface area contributed by atoms with Gasteiger partial charge in [0, 0.05) is 39.3 Å². The summed E-state index contributed by atoms with van der Waals surface area (Å²) < 4.78 is 16.0. The first-order valence-corrected chi connectivity index (χ1v) is 13.1. The van der Waals surface area contributed by atoms with Crippen molar-refractivity contribution in [3.05, 3.63) is 93.1 Å². The molecule has 0 radical (unpaired) electrons. The van der Waals surface area contributed by atoms with Crippen LogP contribution in [0.1, 0.15) is 22.7 Å². The van der Waals surface area contributed by atoms with Crippen LogP contribution in [0.5, 0.6) is 17.2 Å². The second-order valence-electron chi connectivity index (χ2n) is 9.20. The Morgan fingerprint density at radius 3 is 2.42 bits per heavy atom. The van der Waals surface area contributed by atoms with Gasteiger partial charge in [0.1, 0.15) is 11.5 Å². The lowest BCUT2D eigenvalue weighted by Gasteiger charge is -2.26. The lowest BCUT2D eigenvalue weighted by atomic mass is 9.95. The van der Waals surface area contributed by atoms with Crippen LogP contribution < -0.4 is 14.2 Å². The molecular formula is C30H26Cl2N2O6. The van der Waals surface area contributed by atoms with E-state index in [1.807, 2.05) is 24.4 Å². The van der Waals surface area contributed by atoms with Gasteiger partial charge in [-0.3, -0.25) is 9.59 Å². The van der Waals surface area contributed by atoms with E-state index >= 15 is 0 Å². The minimum atomic E-state index is -0.947. The molecule has 0 aliphatic carbocycles. The van der Waals surface area contributed by atoms with Gasteiger partial charge in [-0.2, -0.15) is 0 Å². The molecule has 206 valence electrons. The standard InChI is InChI=1S/C30H26Cl2N2O6/c1-38-19-6-8-23-21(14-19)17(15-33-23)10-11-34-27(20-7-5-18(31)13-22(20)32)26(29(36)30(34)37)28(35)16-4-9-24(39-2)25(12-16)40-3/h4-9,12-15,27,33,35H,10-11H2,1-3H3/b28-26-. The Balaban J connectivity index is 1.59. The molecule has 1 aliphatic heterocycles. The van der Waals surface area contributed by atoms with Crippen LogP contribution in [0.25, 0.3) is 16.7 Å². The van der Waals surface area contributed by atoms with Crippen molar-refractivity contribution in [2.24, 2.45) is 0 Å². The molecule has 8 nitrogen and oxygen atoms in total. The van der Waals surface area contributed by atoms with E-state index < -0.39 is 17.7 Å². The zero-order chi connectivity index (χ0) is 28.6. The van der Waals surface area contributed by atoms with Gasteiger partial charge in [-0.1, -0.05) is 29.3 Å². The van der Waals surface area contributed by atoms with Crippen LogP contribution in [0, 0.1) is 0 Å². The van der Waals surface area contributed by atoms with Gasteiger partial charge in [0.2, 0.25) is 0 Å². The van der Waals surface area contributed by atoms with Crippen molar-refractivity contribution in [1.82, 2.24) is 9.88 Å². The smallest absolute Gasteiger partial charge is 0.295 e. The third-order valence-electron chi connectivity index (χ3n) is 7.05. The van der Waals surface area contributed by atoms with Crippen LogP contribution in [0.15, 0.2) is 66.4 Å². The predicted molar refractivity (Wildman–Crippen MR) is 154 cm³/mol. The molecule has 1 amide bonds. The maximum atomic E-state index is 13.5. The van der Waals surface area contributed by atoms with Crippen LogP contribution in [-0.4, -0.2) is 54.6 Å². The number of nitrogens with zero attached hydrogens (tertiary/aromatic N) is 1. The van der Waals surface area contributed by atoms with Crippen molar-refractivity contribution in [3.8, 4) is 17.2 Å². The fourth-order valence-electron chi connectivity index (χ4n) is 5.03. The van der Waals surface area contributed by atoms with Gasteiger partial charge in [0.15, 0.2) is 11.5 Å². The number of carbonyl (C=O) groups is 2. The van der Waals surface area contributed by atoms with Crippen LogP contribution in [0.4, 0.5) is 0 Å². The zero-order valence-corrected chi connectivity index (χ0v) is 23.5. The highest BCUT2D eigenvalue weighted by atomic mass is 35.5. The number of Topliss-reactive ketones (excluding diaryl/α,β-unsaturated/α-hetero) is 1. The molecular weight excluding hydrogens is 555 g/mol. The van der Waals surface area contributed by atoms with Crippen molar-refractivity contribution in [1.29, 1.82) is 0 Å². The van der Waals surface area contributed by atoms with Gasteiger partial charge in [-0.05, 0) is 66.1 Å². The summed E-state index contributed by atoms with van der Waals surface area (Å²) in [7, 11) is 4.56. The summed E-state index contributed by atoms with van der Waals surface area (Å²) in [5, 5.41) is 13.0. The lowest BCUT2D eigenvalue weighted by molar-refractivity contribution is -0.139. The first-order valence-electron chi connectivity index (χ1n) is 12.4. The molecule has 1 unspecified atom stereocenters. The number of aliphatic hydroxyl groups is 1. The second-order valence-corrected chi connectivity index (χ2v) is 10.0. The van der Waals surface area contributed by atoms with Crippen LogP contribution in [0.2, 0.25) is 10.0 Å². The maximum Gasteiger partial charge on any atom is 0.295 e. The van der Waals surface area contributed by atoms with E-state index in [0.29, 0.717) is 34.3 Å². The predicted octanol–water partition coefficient (Wildman–Crippen LogP) is 6.16. The number of ether oxygens (including phenoxy) is 3. The van der Waals surface area contributed by atoms with E-state index in [9.17, 15) is 14.7 Å². The summed E-state index contributed by atoms with van der Waals surface area (Å²) in [6.45, 7) is 0.182. The Morgan fingerprint density at radius 2 is 1.73 bits per heavy atom. The minimum Gasteiger partial charge on any atom is -0.507 e. The summed E-state index contributed by atoms with van der Waals surface area (Å²) in [5.41, 5.74) is 2.53. The number of fused-ring (bicyclic) bond motifs is 1. The number of likely N-dealkylation sites (tertiary alicyclic amines) is 1. The Kier molecular flexibility index (Phi) is 7.65.